The van der Waals surface area contributed by atoms with Gasteiger partial charge in [0, 0.05) is 49.7 Å². The van der Waals surface area contributed by atoms with Crippen molar-refractivity contribution in [2.24, 2.45) is 10.9 Å². The first-order chi connectivity index (χ1) is 14.0. The molecule has 2 aliphatic heterocycles. The van der Waals surface area contributed by atoms with Gasteiger partial charge >= 0.3 is 0 Å². The Balaban J connectivity index is 1.69. The Morgan fingerprint density at radius 1 is 1.28 bits per heavy atom. The van der Waals surface area contributed by atoms with Gasteiger partial charge in [0.2, 0.25) is 0 Å². The van der Waals surface area contributed by atoms with Crippen LogP contribution in [0.4, 0.5) is 0 Å². The molecule has 3 heterocycles. The summed E-state index contributed by atoms with van der Waals surface area (Å²) in [5, 5.41) is 9.36. The molecule has 0 bridgehead atoms. The van der Waals surface area contributed by atoms with E-state index in [4.69, 9.17) is 9.73 Å². The predicted octanol–water partition coefficient (Wildman–Crippen LogP) is 2.79. The van der Waals surface area contributed by atoms with E-state index in [9.17, 15) is 0 Å². The summed E-state index contributed by atoms with van der Waals surface area (Å²) in [6.07, 6.45) is 0.280. The molecule has 29 heavy (non-hydrogen) atoms. The average molecular weight is 422 g/mol. The van der Waals surface area contributed by atoms with Crippen molar-refractivity contribution in [1.29, 1.82) is 0 Å². The second-order valence-corrected chi connectivity index (χ2v) is 9.68. The number of hydrogen-bond acceptors (Lipinski definition) is 5. The highest BCUT2D eigenvalue weighted by Gasteiger charge is 2.31. The number of morpholine rings is 1. The van der Waals surface area contributed by atoms with E-state index in [2.05, 4.69) is 72.6 Å². The van der Waals surface area contributed by atoms with E-state index in [1.165, 1.54) is 4.88 Å². The van der Waals surface area contributed by atoms with Crippen LogP contribution in [-0.4, -0.2) is 79.8 Å². The summed E-state index contributed by atoms with van der Waals surface area (Å²) in [7, 11) is 0. The number of thiophene rings is 1. The topological polar surface area (TPSA) is 52.1 Å². The highest BCUT2D eigenvalue weighted by atomic mass is 32.1. The first-order valence-corrected chi connectivity index (χ1v) is 12.0. The Bertz CT molecular complexity index is 635. The zero-order valence-corrected chi connectivity index (χ0v) is 19.5. The summed E-state index contributed by atoms with van der Waals surface area (Å²) in [4.78, 5) is 11.5. The summed E-state index contributed by atoms with van der Waals surface area (Å²) in [5.41, 5.74) is 0. The second-order valence-electron chi connectivity index (χ2n) is 8.70. The van der Waals surface area contributed by atoms with Crippen molar-refractivity contribution in [2.75, 3.05) is 45.9 Å². The number of hydrogen-bond donors (Lipinski definition) is 2. The van der Waals surface area contributed by atoms with Crippen molar-refractivity contribution >= 4 is 17.3 Å². The number of nitrogens with zero attached hydrogens (tertiary/aromatic N) is 3. The molecule has 164 valence electrons. The Kier molecular flexibility index (Phi) is 8.35. The minimum atomic E-state index is 0.280. The van der Waals surface area contributed by atoms with Gasteiger partial charge in [-0.3, -0.25) is 14.8 Å². The molecule has 1 aromatic heterocycles. The van der Waals surface area contributed by atoms with E-state index in [0.29, 0.717) is 24.0 Å². The van der Waals surface area contributed by atoms with E-state index in [0.717, 1.165) is 51.8 Å². The van der Waals surface area contributed by atoms with Crippen LogP contribution in [0.15, 0.2) is 22.5 Å². The van der Waals surface area contributed by atoms with Gasteiger partial charge in [-0.05, 0) is 45.1 Å². The lowest BCUT2D eigenvalue weighted by atomic mass is 10.1. The molecule has 0 aromatic carbocycles. The Labute approximate surface area is 180 Å². The van der Waals surface area contributed by atoms with Crippen molar-refractivity contribution in [2.45, 2.75) is 58.8 Å². The molecule has 3 rings (SSSR count). The van der Waals surface area contributed by atoms with Gasteiger partial charge in [0.05, 0.1) is 25.3 Å². The lowest BCUT2D eigenvalue weighted by molar-refractivity contribution is -0.0327. The minimum absolute atomic E-state index is 0.280. The van der Waals surface area contributed by atoms with E-state index in [1.54, 1.807) is 0 Å². The summed E-state index contributed by atoms with van der Waals surface area (Å²) in [5.74, 6) is 1.56. The maximum Gasteiger partial charge on any atom is 0.191 e. The number of guanidine groups is 1. The SMILES string of the molecule is CCNC(=NCC(c1cccs1)N1CCOC(C)C1)NC1CN(C(C)C)CC1C. The fraction of sp³-hybridized carbons (Fsp3) is 0.773. The molecule has 6 nitrogen and oxygen atoms in total. The summed E-state index contributed by atoms with van der Waals surface area (Å²) >= 11 is 1.83. The van der Waals surface area contributed by atoms with Crippen LogP contribution in [0.5, 0.6) is 0 Å². The largest absolute Gasteiger partial charge is 0.376 e. The van der Waals surface area contributed by atoms with Gasteiger partial charge in [-0.1, -0.05) is 13.0 Å². The van der Waals surface area contributed by atoms with Crippen LogP contribution < -0.4 is 10.6 Å². The number of likely N-dealkylation sites (tertiary alicyclic amines) is 1. The molecule has 7 heteroatoms. The molecule has 2 fully saturated rings. The van der Waals surface area contributed by atoms with Crippen LogP contribution in [0, 0.1) is 5.92 Å². The van der Waals surface area contributed by atoms with Crippen molar-refractivity contribution in [1.82, 2.24) is 20.4 Å². The third kappa shape index (κ3) is 6.17. The van der Waals surface area contributed by atoms with E-state index >= 15 is 0 Å². The highest BCUT2D eigenvalue weighted by molar-refractivity contribution is 7.10. The van der Waals surface area contributed by atoms with E-state index in [1.807, 2.05) is 11.3 Å². The van der Waals surface area contributed by atoms with Crippen molar-refractivity contribution in [3.8, 4) is 0 Å². The number of nitrogens with one attached hydrogen (secondary N) is 2. The Morgan fingerprint density at radius 2 is 2.10 bits per heavy atom. The molecule has 1 aromatic rings. The number of ether oxygens (including phenoxy) is 1. The molecule has 4 unspecified atom stereocenters. The van der Waals surface area contributed by atoms with Gasteiger partial charge < -0.3 is 15.4 Å². The first kappa shape index (κ1) is 22.5. The van der Waals surface area contributed by atoms with E-state index < -0.39 is 0 Å². The zero-order valence-electron chi connectivity index (χ0n) is 18.7. The first-order valence-electron chi connectivity index (χ1n) is 11.2. The maximum atomic E-state index is 5.77. The molecule has 2 saturated heterocycles. The minimum Gasteiger partial charge on any atom is -0.376 e. The average Bonchev–Trinajstić information content (AvgIpc) is 3.33. The van der Waals surface area contributed by atoms with Crippen molar-refractivity contribution in [3.05, 3.63) is 22.4 Å². The second kappa shape index (κ2) is 10.8. The molecule has 0 aliphatic carbocycles. The monoisotopic (exact) mass is 421 g/mol. The molecular weight excluding hydrogens is 382 g/mol. The van der Waals surface area contributed by atoms with E-state index in [-0.39, 0.29) is 6.10 Å². The van der Waals surface area contributed by atoms with Crippen LogP contribution in [0.25, 0.3) is 0 Å². The van der Waals surface area contributed by atoms with Gasteiger partial charge in [-0.15, -0.1) is 11.3 Å². The molecule has 0 saturated carbocycles. The summed E-state index contributed by atoms with van der Waals surface area (Å²) in [6.45, 7) is 17.8. The smallest absolute Gasteiger partial charge is 0.191 e. The third-order valence-corrected chi connectivity index (χ3v) is 7.02. The van der Waals surface area contributed by atoms with Gasteiger partial charge in [0.25, 0.3) is 0 Å². The lowest BCUT2D eigenvalue weighted by Crippen LogP contribution is -2.47. The van der Waals surface area contributed by atoms with Crippen LogP contribution in [0.2, 0.25) is 0 Å². The van der Waals surface area contributed by atoms with Crippen molar-refractivity contribution in [3.63, 3.8) is 0 Å². The van der Waals surface area contributed by atoms with Crippen LogP contribution in [0.3, 0.4) is 0 Å². The summed E-state index contributed by atoms with van der Waals surface area (Å²) < 4.78 is 5.77. The number of rotatable bonds is 7. The number of aliphatic imine (C=N–C) groups is 1. The molecular formula is C22H39N5OS. The van der Waals surface area contributed by atoms with Crippen molar-refractivity contribution < 1.29 is 4.74 Å². The quantitative estimate of drug-likeness (QED) is 0.524. The van der Waals surface area contributed by atoms with Crippen LogP contribution >= 0.6 is 11.3 Å². The molecule has 0 amide bonds. The van der Waals surface area contributed by atoms with Gasteiger partial charge in [-0.2, -0.15) is 0 Å². The molecule has 0 spiro atoms. The third-order valence-electron chi connectivity index (χ3n) is 6.04. The molecule has 0 radical (unpaired) electrons. The fourth-order valence-corrected chi connectivity index (χ4v) is 5.13. The molecule has 2 N–H and O–H groups in total. The van der Waals surface area contributed by atoms with Gasteiger partial charge in [-0.25, -0.2) is 0 Å². The molecule has 4 atom stereocenters. The van der Waals surface area contributed by atoms with Gasteiger partial charge in [0.15, 0.2) is 5.96 Å². The predicted molar refractivity (Wildman–Crippen MR) is 123 cm³/mol. The summed E-state index contributed by atoms with van der Waals surface area (Å²) in [6, 6.07) is 5.73. The maximum absolute atomic E-state index is 5.77. The Morgan fingerprint density at radius 3 is 2.72 bits per heavy atom. The van der Waals surface area contributed by atoms with Crippen LogP contribution in [-0.2, 0) is 4.74 Å². The van der Waals surface area contributed by atoms with Gasteiger partial charge in [0.1, 0.15) is 0 Å². The fourth-order valence-electron chi connectivity index (χ4n) is 4.28. The zero-order chi connectivity index (χ0) is 20.8. The highest BCUT2D eigenvalue weighted by Crippen LogP contribution is 2.27. The standard InChI is InChI=1S/C22H39N5OS/c1-6-23-22(25-19-15-27(16(2)3)13-17(19)4)24-12-20(21-8-7-11-29-21)26-9-10-28-18(5)14-26/h7-8,11,16-20H,6,9-10,12-15H2,1-5H3,(H2,23,24,25). The normalized spacial score (nSPS) is 28.1. The Hall–Kier alpha value is -1.15. The molecule has 2 aliphatic rings. The lowest BCUT2D eigenvalue weighted by Gasteiger charge is -2.36. The van der Waals surface area contributed by atoms with Crippen LogP contribution in [0.1, 0.15) is 45.5 Å².